The third-order valence-corrected chi connectivity index (χ3v) is 3.94. The van der Waals surface area contributed by atoms with Crippen LogP contribution in [0.1, 0.15) is 5.56 Å². The highest BCUT2D eigenvalue weighted by Gasteiger charge is 2.08. The highest BCUT2D eigenvalue weighted by Crippen LogP contribution is 2.22. The fourth-order valence-electron chi connectivity index (χ4n) is 1.31. The topological polar surface area (TPSA) is 84.0 Å². The van der Waals surface area contributed by atoms with Crippen molar-refractivity contribution in [3.05, 3.63) is 34.9 Å². The van der Waals surface area contributed by atoms with Gasteiger partial charge in [0.1, 0.15) is 0 Å². The highest BCUT2D eigenvalue weighted by molar-refractivity contribution is 7.92. The number of hydrogen-bond donors (Lipinski definition) is 2. The molecule has 0 aliphatic carbocycles. The van der Waals surface area contributed by atoms with Gasteiger partial charge in [-0.15, -0.1) is 10.2 Å². The molecule has 19 heavy (non-hydrogen) atoms. The first-order chi connectivity index (χ1) is 8.94. The minimum Gasteiger partial charge on any atom is -0.356 e. The molecule has 2 aromatic rings. The number of halogens is 1. The summed E-state index contributed by atoms with van der Waals surface area (Å²) in [4.78, 5) is 0. The van der Waals surface area contributed by atoms with E-state index in [4.69, 9.17) is 11.6 Å². The van der Waals surface area contributed by atoms with Crippen molar-refractivity contribution in [1.82, 2.24) is 10.2 Å². The van der Waals surface area contributed by atoms with Gasteiger partial charge in [0.15, 0.2) is 0 Å². The first-order valence-corrected chi connectivity index (χ1v) is 8.31. The van der Waals surface area contributed by atoms with Gasteiger partial charge in [-0.05, 0) is 11.6 Å². The lowest BCUT2D eigenvalue weighted by Crippen LogP contribution is -2.08. The molecule has 6 nitrogen and oxygen atoms in total. The number of aromatic nitrogens is 2. The zero-order chi connectivity index (χ0) is 13.9. The molecule has 0 radical (unpaired) electrons. The number of nitrogens with zero attached hydrogens (tertiary/aromatic N) is 2. The summed E-state index contributed by atoms with van der Waals surface area (Å²) >= 11 is 7.14. The summed E-state index contributed by atoms with van der Waals surface area (Å²) in [5.41, 5.74) is 0.928. The Labute approximate surface area is 119 Å². The second-order valence-corrected chi connectivity index (χ2v) is 6.86. The van der Waals surface area contributed by atoms with E-state index in [2.05, 4.69) is 20.2 Å². The second-order valence-electron chi connectivity index (χ2n) is 3.73. The molecule has 0 bridgehead atoms. The maximum Gasteiger partial charge on any atom is 0.231 e. The zero-order valence-corrected chi connectivity index (χ0v) is 12.3. The van der Waals surface area contributed by atoms with Crippen LogP contribution in [0, 0.1) is 0 Å². The van der Waals surface area contributed by atoms with Crippen molar-refractivity contribution < 1.29 is 8.42 Å². The minimum atomic E-state index is -3.33. The molecular formula is C10H11ClN4O2S2. The minimum absolute atomic E-state index is 0.226. The summed E-state index contributed by atoms with van der Waals surface area (Å²) in [7, 11) is -3.33. The molecule has 0 spiro atoms. The van der Waals surface area contributed by atoms with E-state index in [1.165, 1.54) is 0 Å². The van der Waals surface area contributed by atoms with Crippen molar-refractivity contribution in [2.45, 2.75) is 6.54 Å². The van der Waals surface area contributed by atoms with Crippen molar-refractivity contribution in [2.24, 2.45) is 0 Å². The number of benzene rings is 1. The molecule has 1 aromatic heterocycles. The third-order valence-electron chi connectivity index (χ3n) is 2.09. The van der Waals surface area contributed by atoms with Crippen LogP contribution in [0.2, 0.25) is 5.02 Å². The quantitative estimate of drug-likeness (QED) is 0.882. The summed E-state index contributed by atoms with van der Waals surface area (Å²) in [5.74, 6) is 0. The Kier molecular flexibility index (Phi) is 4.23. The monoisotopic (exact) mass is 318 g/mol. The smallest absolute Gasteiger partial charge is 0.231 e. The van der Waals surface area contributed by atoms with E-state index in [1.807, 2.05) is 18.2 Å². The molecule has 0 unspecified atom stereocenters. The normalized spacial score (nSPS) is 11.3. The van der Waals surface area contributed by atoms with Gasteiger partial charge < -0.3 is 5.32 Å². The summed E-state index contributed by atoms with van der Waals surface area (Å²) in [5, 5.41) is 12.0. The molecule has 102 valence electrons. The van der Waals surface area contributed by atoms with Gasteiger partial charge in [-0.2, -0.15) is 0 Å². The van der Waals surface area contributed by atoms with E-state index >= 15 is 0 Å². The Morgan fingerprint density at radius 1 is 1.26 bits per heavy atom. The molecular weight excluding hydrogens is 308 g/mol. The van der Waals surface area contributed by atoms with E-state index in [0.29, 0.717) is 16.7 Å². The Morgan fingerprint density at radius 2 is 1.95 bits per heavy atom. The summed E-state index contributed by atoms with van der Waals surface area (Å²) in [6.45, 7) is 0.493. The highest BCUT2D eigenvalue weighted by atomic mass is 35.5. The SMILES string of the molecule is CS(=O)(=O)Nc1nnc(NCc2ccccc2Cl)s1. The fourth-order valence-corrected chi connectivity index (χ4v) is 2.98. The van der Waals surface area contributed by atoms with E-state index in [-0.39, 0.29) is 5.13 Å². The summed E-state index contributed by atoms with van der Waals surface area (Å²) in [6, 6.07) is 7.44. The maximum absolute atomic E-state index is 11.0. The lowest BCUT2D eigenvalue weighted by molar-refractivity contribution is 0.606. The molecule has 1 heterocycles. The van der Waals surface area contributed by atoms with Crippen molar-refractivity contribution in [3.8, 4) is 0 Å². The van der Waals surface area contributed by atoms with Gasteiger partial charge in [-0.25, -0.2) is 8.42 Å². The first-order valence-electron chi connectivity index (χ1n) is 5.22. The Morgan fingerprint density at radius 3 is 2.63 bits per heavy atom. The van der Waals surface area contributed by atoms with E-state index in [9.17, 15) is 8.42 Å². The van der Waals surface area contributed by atoms with Crippen molar-refractivity contribution >= 4 is 43.2 Å². The molecule has 9 heteroatoms. The summed E-state index contributed by atoms with van der Waals surface area (Å²) in [6.07, 6.45) is 1.06. The van der Waals surface area contributed by atoms with Gasteiger partial charge in [0.25, 0.3) is 0 Å². The molecule has 0 amide bonds. The van der Waals surface area contributed by atoms with Crippen molar-refractivity contribution in [1.29, 1.82) is 0 Å². The molecule has 0 aliphatic heterocycles. The van der Waals surface area contributed by atoms with E-state index in [1.54, 1.807) is 6.07 Å². The number of sulfonamides is 1. The van der Waals surface area contributed by atoms with Crippen LogP contribution in [0.25, 0.3) is 0 Å². The van der Waals surface area contributed by atoms with Crippen LogP contribution in [0.3, 0.4) is 0 Å². The lowest BCUT2D eigenvalue weighted by atomic mass is 10.2. The lowest BCUT2D eigenvalue weighted by Gasteiger charge is -2.03. The number of nitrogens with one attached hydrogen (secondary N) is 2. The van der Waals surface area contributed by atoms with Gasteiger partial charge in [0.2, 0.25) is 20.3 Å². The molecule has 0 saturated heterocycles. The van der Waals surface area contributed by atoms with Crippen molar-refractivity contribution in [2.75, 3.05) is 16.3 Å². The van der Waals surface area contributed by atoms with Crippen molar-refractivity contribution in [3.63, 3.8) is 0 Å². The van der Waals surface area contributed by atoms with Gasteiger partial charge in [0.05, 0.1) is 6.26 Å². The first kappa shape index (κ1) is 14.0. The molecule has 1 aromatic carbocycles. The Bertz CT molecular complexity index is 672. The second kappa shape index (κ2) is 5.72. The number of anilines is 2. The molecule has 0 saturated carbocycles. The van der Waals surface area contributed by atoms with Gasteiger partial charge in [-0.1, -0.05) is 41.1 Å². The van der Waals surface area contributed by atoms with Crippen LogP contribution in [-0.4, -0.2) is 24.9 Å². The van der Waals surface area contributed by atoms with E-state index < -0.39 is 10.0 Å². The van der Waals surface area contributed by atoms with Crippen LogP contribution in [0.5, 0.6) is 0 Å². The van der Waals surface area contributed by atoms with Gasteiger partial charge >= 0.3 is 0 Å². The predicted molar refractivity (Wildman–Crippen MR) is 77.2 cm³/mol. The number of rotatable bonds is 5. The zero-order valence-electron chi connectivity index (χ0n) is 9.92. The maximum atomic E-state index is 11.0. The molecule has 0 atom stereocenters. The number of hydrogen-bond acceptors (Lipinski definition) is 6. The molecule has 0 aliphatic rings. The van der Waals surface area contributed by atoms with Crippen LogP contribution in [-0.2, 0) is 16.6 Å². The predicted octanol–water partition coefficient (Wildman–Crippen LogP) is 2.18. The average Bonchev–Trinajstić information content (AvgIpc) is 2.73. The van der Waals surface area contributed by atoms with E-state index in [0.717, 1.165) is 23.2 Å². The standard InChI is InChI=1S/C10H11ClN4O2S2/c1-19(16,17)15-10-14-13-9(18-10)12-6-7-4-2-3-5-8(7)11/h2-5H,6H2,1H3,(H,12,13)(H,14,15). The fraction of sp³-hybridized carbons (Fsp3) is 0.200. The molecule has 2 rings (SSSR count). The van der Waals surface area contributed by atoms with Gasteiger partial charge in [0, 0.05) is 11.6 Å². The molecule has 0 fully saturated rings. The molecule has 2 N–H and O–H groups in total. The average molecular weight is 319 g/mol. The third kappa shape index (κ3) is 4.34. The van der Waals surface area contributed by atoms with Crippen LogP contribution in [0.4, 0.5) is 10.3 Å². The largest absolute Gasteiger partial charge is 0.356 e. The van der Waals surface area contributed by atoms with Gasteiger partial charge in [-0.3, -0.25) is 4.72 Å². The summed E-state index contributed by atoms with van der Waals surface area (Å²) < 4.78 is 24.3. The van der Waals surface area contributed by atoms with Crippen LogP contribution >= 0.6 is 22.9 Å². The Balaban J connectivity index is 1.99. The Hall–Kier alpha value is -1.38. The van der Waals surface area contributed by atoms with Crippen LogP contribution in [0.15, 0.2) is 24.3 Å². The van der Waals surface area contributed by atoms with Crippen LogP contribution < -0.4 is 10.0 Å².